The first-order chi connectivity index (χ1) is 18.6. The van der Waals surface area contributed by atoms with Gasteiger partial charge in [0.2, 0.25) is 6.79 Å². The number of ether oxygens (including phenoxy) is 2. The molecule has 0 saturated heterocycles. The van der Waals surface area contributed by atoms with Crippen molar-refractivity contribution >= 4 is 55.9 Å². The summed E-state index contributed by atoms with van der Waals surface area (Å²) >= 11 is 1.49. The number of halogens is 1. The molecule has 0 radical (unpaired) electrons. The Labute approximate surface area is 237 Å². The predicted molar refractivity (Wildman–Crippen MR) is 160 cm³/mol. The van der Waals surface area contributed by atoms with Gasteiger partial charge in [0, 0.05) is 36.2 Å². The number of carbonyl (C=O) groups is 1. The molecule has 0 fully saturated rings. The molecule has 1 aliphatic rings. The normalized spacial score (nSPS) is 12.2. The van der Waals surface area contributed by atoms with E-state index in [0.717, 1.165) is 52.0 Å². The predicted octanol–water partition coefficient (Wildman–Crippen LogP) is 6.65. The Morgan fingerprint density at radius 2 is 1.59 bits per heavy atom. The van der Waals surface area contributed by atoms with Crippen molar-refractivity contribution < 1.29 is 14.3 Å². The van der Waals surface area contributed by atoms with Crippen molar-refractivity contribution in [1.29, 1.82) is 0 Å². The highest BCUT2D eigenvalue weighted by molar-refractivity contribution is 7.22. The van der Waals surface area contributed by atoms with E-state index < -0.39 is 0 Å². The molecule has 3 heterocycles. The standard InChI is InChI=1S/C30H28N4O3S.ClH/c1-3-33(4-2)14-15-34(30-32-25-17-26-27(37-19-36-26)18-28(25)38-30)29(35)22-16-24(20-10-6-5-7-11-20)31-23-13-9-8-12-21(22)23;/h5-13,16-18H,3-4,14-15,19H2,1-2H3;1H. The van der Waals surface area contributed by atoms with Crippen molar-refractivity contribution in [2.75, 3.05) is 37.9 Å². The van der Waals surface area contributed by atoms with Crippen LogP contribution in [0.15, 0.2) is 72.8 Å². The molecule has 1 amide bonds. The van der Waals surface area contributed by atoms with Gasteiger partial charge in [-0.25, -0.2) is 9.97 Å². The number of benzene rings is 3. The van der Waals surface area contributed by atoms with E-state index >= 15 is 0 Å². The van der Waals surface area contributed by atoms with Crippen LogP contribution in [0.2, 0.25) is 0 Å². The van der Waals surface area contributed by atoms with E-state index in [4.69, 9.17) is 19.4 Å². The summed E-state index contributed by atoms with van der Waals surface area (Å²) in [6.07, 6.45) is 0. The topological polar surface area (TPSA) is 67.8 Å². The lowest BCUT2D eigenvalue weighted by Gasteiger charge is -2.25. The highest BCUT2D eigenvalue weighted by Crippen LogP contribution is 2.40. The van der Waals surface area contributed by atoms with Crippen LogP contribution in [0.25, 0.3) is 32.4 Å². The number of amides is 1. The molecule has 0 unspecified atom stereocenters. The quantitative estimate of drug-likeness (QED) is 0.212. The molecule has 9 heteroatoms. The maximum absolute atomic E-state index is 14.4. The number of hydrogen-bond acceptors (Lipinski definition) is 7. The largest absolute Gasteiger partial charge is 0.454 e. The number of fused-ring (bicyclic) bond motifs is 3. The number of aromatic nitrogens is 2. The monoisotopic (exact) mass is 560 g/mol. The zero-order chi connectivity index (χ0) is 26.1. The van der Waals surface area contributed by atoms with Crippen molar-refractivity contribution in [2.45, 2.75) is 13.8 Å². The van der Waals surface area contributed by atoms with Gasteiger partial charge in [0.25, 0.3) is 5.91 Å². The summed E-state index contributed by atoms with van der Waals surface area (Å²) in [5.74, 6) is 1.30. The molecule has 39 heavy (non-hydrogen) atoms. The highest BCUT2D eigenvalue weighted by Gasteiger charge is 2.26. The minimum Gasteiger partial charge on any atom is -0.454 e. The number of pyridine rings is 1. The van der Waals surface area contributed by atoms with Crippen molar-refractivity contribution in [3.05, 3.63) is 78.4 Å². The molecule has 0 saturated carbocycles. The number of hydrogen-bond donors (Lipinski definition) is 0. The van der Waals surface area contributed by atoms with Gasteiger partial charge in [0.05, 0.1) is 27.0 Å². The molecular weight excluding hydrogens is 532 g/mol. The minimum atomic E-state index is -0.0907. The smallest absolute Gasteiger partial charge is 0.260 e. The van der Waals surface area contributed by atoms with Gasteiger partial charge < -0.3 is 14.4 Å². The van der Waals surface area contributed by atoms with Crippen molar-refractivity contribution in [1.82, 2.24) is 14.9 Å². The van der Waals surface area contributed by atoms with Crippen LogP contribution in [0.5, 0.6) is 11.5 Å². The Morgan fingerprint density at radius 3 is 2.36 bits per heavy atom. The summed E-state index contributed by atoms with van der Waals surface area (Å²) in [5, 5.41) is 1.48. The van der Waals surface area contributed by atoms with Gasteiger partial charge in [0.15, 0.2) is 16.6 Å². The molecule has 6 rings (SSSR count). The van der Waals surface area contributed by atoms with Crippen LogP contribution in [0.1, 0.15) is 24.2 Å². The molecule has 5 aromatic rings. The summed E-state index contributed by atoms with van der Waals surface area (Å²) in [6, 6.07) is 23.5. The minimum absolute atomic E-state index is 0. The number of nitrogens with zero attached hydrogens (tertiary/aromatic N) is 4. The third-order valence-corrected chi connectivity index (χ3v) is 7.94. The third kappa shape index (κ3) is 5.28. The summed E-state index contributed by atoms with van der Waals surface area (Å²) in [7, 11) is 0. The van der Waals surface area contributed by atoms with Crippen LogP contribution in [0.3, 0.4) is 0 Å². The summed E-state index contributed by atoms with van der Waals surface area (Å²) in [5.41, 5.74) is 3.93. The molecule has 0 atom stereocenters. The molecule has 7 nitrogen and oxygen atoms in total. The molecule has 0 aliphatic carbocycles. The van der Waals surface area contributed by atoms with Gasteiger partial charge in [-0.3, -0.25) is 9.69 Å². The van der Waals surface area contributed by atoms with Crippen LogP contribution in [-0.2, 0) is 0 Å². The zero-order valence-electron chi connectivity index (χ0n) is 21.8. The molecule has 0 N–H and O–H groups in total. The summed E-state index contributed by atoms with van der Waals surface area (Å²) in [4.78, 5) is 28.3. The van der Waals surface area contributed by atoms with E-state index in [2.05, 4.69) is 18.7 Å². The average molecular weight is 561 g/mol. The van der Waals surface area contributed by atoms with Crippen LogP contribution >= 0.6 is 23.7 Å². The second-order valence-corrected chi connectivity index (χ2v) is 10.1. The molecule has 2 aromatic heterocycles. The average Bonchev–Trinajstić information content (AvgIpc) is 3.59. The fourth-order valence-electron chi connectivity index (χ4n) is 4.74. The van der Waals surface area contributed by atoms with E-state index in [0.29, 0.717) is 28.7 Å². The van der Waals surface area contributed by atoms with E-state index in [1.54, 1.807) is 0 Å². The summed E-state index contributed by atoms with van der Waals surface area (Å²) in [6.45, 7) is 7.57. The van der Waals surface area contributed by atoms with E-state index in [1.165, 1.54) is 11.3 Å². The second kappa shape index (κ2) is 11.6. The highest BCUT2D eigenvalue weighted by atomic mass is 35.5. The first-order valence-electron chi connectivity index (χ1n) is 12.8. The van der Waals surface area contributed by atoms with Crippen LogP contribution < -0.4 is 14.4 Å². The number of likely N-dealkylation sites (N-methyl/N-ethyl adjacent to an activating group) is 1. The number of anilines is 1. The maximum Gasteiger partial charge on any atom is 0.260 e. The fraction of sp³-hybridized carbons (Fsp3) is 0.233. The number of thiazole rings is 1. The third-order valence-electron chi connectivity index (χ3n) is 6.90. The lowest BCUT2D eigenvalue weighted by molar-refractivity contribution is 0.0985. The van der Waals surface area contributed by atoms with Gasteiger partial charge in [-0.1, -0.05) is 73.7 Å². The molecule has 200 valence electrons. The Balaban J connectivity index is 0.00000308. The van der Waals surface area contributed by atoms with E-state index in [9.17, 15) is 4.79 Å². The van der Waals surface area contributed by atoms with Crippen LogP contribution in [0.4, 0.5) is 5.13 Å². The Bertz CT molecular complexity index is 1580. The Hall–Kier alpha value is -3.72. The van der Waals surface area contributed by atoms with Crippen molar-refractivity contribution in [3.63, 3.8) is 0 Å². The number of rotatable bonds is 8. The maximum atomic E-state index is 14.4. The molecule has 1 aliphatic heterocycles. The molecule has 0 bridgehead atoms. The van der Waals surface area contributed by atoms with Crippen molar-refractivity contribution in [2.24, 2.45) is 0 Å². The van der Waals surface area contributed by atoms with Gasteiger partial charge >= 0.3 is 0 Å². The van der Waals surface area contributed by atoms with Gasteiger partial charge in [-0.05, 0) is 25.2 Å². The molecule has 3 aromatic carbocycles. The summed E-state index contributed by atoms with van der Waals surface area (Å²) < 4.78 is 12.1. The fourth-order valence-corrected chi connectivity index (χ4v) is 5.74. The SMILES string of the molecule is CCN(CC)CCN(C(=O)c1cc(-c2ccccc2)nc2ccccc12)c1nc2cc3c(cc2s1)OCO3.Cl. The number of carbonyl (C=O) groups excluding carboxylic acids is 1. The van der Waals surface area contributed by atoms with Gasteiger partial charge in [0.1, 0.15) is 0 Å². The van der Waals surface area contributed by atoms with Crippen molar-refractivity contribution in [3.8, 4) is 22.8 Å². The van der Waals surface area contributed by atoms with Gasteiger partial charge in [-0.2, -0.15) is 0 Å². The lowest BCUT2D eigenvalue weighted by atomic mass is 10.0. The Kier molecular flexibility index (Phi) is 7.97. The zero-order valence-corrected chi connectivity index (χ0v) is 23.4. The van der Waals surface area contributed by atoms with E-state index in [-0.39, 0.29) is 25.1 Å². The van der Waals surface area contributed by atoms with Crippen LogP contribution in [0, 0.1) is 0 Å². The van der Waals surface area contributed by atoms with Gasteiger partial charge in [-0.15, -0.1) is 12.4 Å². The molecule has 0 spiro atoms. The first kappa shape index (κ1) is 26.9. The lowest BCUT2D eigenvalue weighted by Crippen LogP contribution is -2.39. The number of para-hydroxylation sites is 1. The van der Waals surface area contributed by atoms with E-state index in [1.807, 2.05) is 77.7 Å². The molecular formula is C30H29ClN4O3S. The van der Waals surface area contributed by atoms with Crippen LogP contribution in [-0.4, -0.2) is 53.7 Å². The Morgan fingerprint density at radius 1 is 0.872 bits per heavy atom. The first-order valence-corrected chi connectivity index (χ1v) is 13.7. The second-order valence-electron chi connectivity index (χ2n) is 9.09.